The van der Waals surface area contributed by atoms with Gasteiger partial charge in [0.05, 0.1) is 5.56 Å². The number of carbonyl (C=O) groups is 1. The van der Waals surface area contributed by atoms with Crippen LogP contribution in [-0.4, -0.2) is 35.7 Å². The Labute approximate surface area is 166 Å². The summed E-state index contributed by atoms with van der Waals surface area (Å²) >= 11 is 0. The second-order valence-corrected chi connectivity index (χ2v) is 7.44. The monoisotopic (exact) mass is 406 g/mol. The molecular formula is C21H21F3N2O3. The highest BCUT2D eigenvalue weighted by Gasteiger charge is 2.35. The Balaban J connectivity index is 1.53. The molecule has 2 N–H and O–H groups in total. The number of benzene rings is 2. The molecule has 2 aromatic carbocycles. The fraction of sp³-hybridized carbons (Fsp3) is 0.381. The lowest BCUT2D eigenvalue weighted by atomic mass is 9.85. The number of likely N-dealkylation sites (tertiary alicyclic amines) is 1. The SMILES string of the molecule is O=C(O)N1CCC(C2NCCc3ccc(Oc4ccc(C(F)(F)F)cc4)cc32)C1. The predicted octanol–water partition coefficient (Wildman–Crippen LogP) is 4.68. The molecule has 2 heterocycles. The Morgan fingerprint density at radius 3 is 2.52 bits per heavy atom. The number of hydrogen-bond donors (Lipinski definition) is 2. The van der Waals surface area contributed by atoms with Crippen molar-refractivity contribution >= 4 is 6.09 Å². The molecule has 0 aliphatic carbocycles. The first kappa shape index (κ1) is 19.6. The topological polar surface area (TPSA) is 61.8 Å². The van der Waals surface area contributed by atoms with Crippen LogP contribution >= 0.6 is 0 Å². The molecule has 0 saturated carbocycles. The molecule has 1 amide bonds. The van der Waals surface area contributed by atoms with E-state index in [2.05, 4.69) is 5.32 Å². The van der Waals surface area contributed by atoms with Crippen molar-refractivity contribution in [2.75, 3.05) is 19.6 Å². The first-order valence-electron chi connectivity index (χ1n) is 9.50. The summed E-state index contributed by atoms with van der Waals surface area (Å²) in [6.07, 6.45) is -3.63. The van der Waals surface area contributed by atoms with Gasteiger partial charge in [-0.05, 0) is 72.8 Å². The van der Waals surface area contributed by atoms with Gasteiger partial charge in [-0.2, -0.15) is 13.2 Å². The van der Waals surface area contributed by atoms with Crippen molar-refractivity contribution in [3.05, 3.63) is 59.2 Å². The van der Waals surface area contributed by atoms with Crippen LogP contribution in [0.15, 0.2) is 42.5 Å². The number of ether oxygens (including phenoxy) is 1. The molecule has 2 aliphatic heterocycles. The van der Waals surface area contributed by atoms with Crippen LogP contribution in [-0.2, 0) is 12.6 Å². The Hall–Kier alpha value is -2.74. The van der Waals surface area contributed by atoms with Gasteiger partial charge in [-0.1, -0.05) is 6.07 Å². The minimum Gasteiger partial charge on any atom is -0.465 e. The Bertz CT molecular complexity index is 899. The molecule has 2 atom stereocenters. The van der Waals surface area contributed by atoms with Crippen molar-refractivity contribution in [2.45, 2.75) is 25.1 Å². The number of alkyl halides is 3. The predicted molar refractivity (Wildman–Crippen MR) is 100 cm³/mol. The van der Waals surface area contributed by atoms with E-state index in [0.717, 1.165) is 37.1 Å². The Morgan fingerprint density at radius 1 is 1.14 bits per heavy atom. The van der Waals surface area contributed by atoms with E-state index in [4.69, 9.17) is 4.74 Å². The summed E-state index contributed by atoms with van der Waals surface area (Å²) in [4.78, 5) is 12.7. The van der Waals surface area contributed by atoms with Crippen molar-refractivity contribution < 1.29 is 27.8 Å². The fourth-order valence-corrected chi connectivity index (χ4v) is 4.13. The zero-order chi connectivity index (χ0) is 20.6. The van der Waals surface area contributed by atoms with E-state index in [0.29, 0.717) is 24.6 Å². The van der Waals surface area contributed by atoms with Gasteiger partial charge in [-0.3, -0.25) is 0 Å². The van der Waals surface area contributed by atoms with Crippen LogP contribution in [0, 0.1) is 5.92 Å². The van der Waals surface area contributed by atoms with Gasteiger partial charge < -0.3 is 20.1 Å². The maximum Gasteiger partial charge on any atom is 0.416 e. The van der Waals surface area contributed by atoms with E-state index in [9.17, 15) is 23.1 Å². The molecule has 2 unspecified atom stereocenters. The zero-order valence-electron chi connectivity index (χ0n) is 15.6. The largest absolute Gasteiger partial charge is 0.465 e. The normalized spacial score (nSPS) is 21.7. The quantitative estimate of drug-likeness (QED) is 0.777. The molecule has 5 nitrogen and oxygen atoms in total. The second-order valence-electron chi connectivity index (χ2n) is 7.44. The lowest BCUT2D eigenvalue weighted by molar-refractivity contribution is -0.137. The molecule has 0 spiro atoms. The Morgan fingerprint density at radius 2 is 1.86 bits per heavy atom. The standard InChI is InChI=1S/C21H21F3N2O3/c22-21(23,24)15-2-5-16(6-3-15)29-17-4-1-13-7-9-25-19(18(13)11-17)14-8-10-26(12-14)20(27)28/h1-6,11,14,19,25H,7-10,12H2,(H,27,28). The molecule has 154 valence electrons. The second kappa shape index (κ2) is 7.59. The van der Waals surface area contributed by atoms with Crippen molar-refractivity contribution in [3.63, 3.8) is 0 Å². The summed E-state index contributed by atoms with van der Waals surface area (Å²) in [6.45, 7) is 1.83. The van der Waals surface area contributed by atoms with Gasteiger partial charge in [0.1, 0.15) is 11.5 Å². The molecule has 2 aliphatic rings. The molecule has 1 fully saturated rings. The number of fused-ring (bicyclic) bond motifs is 1. The van der Waals surface area contributed by atoms with Gasteiger partial charge in [-0.15, -0.1) is 0 Å². The van der Waals surface area contributed by atoms with Crippen LogP contribution in [0.1, 0.15) is 29.2 Å². The van der Waals surface area contributed by atoms with Crippen molar-refractivity contribution in [1.29, 1.82) is 0 Å². The summed E-state index contributed by atoms with van der Waals surface area (Å²) in [5.41, 5.74) is 1.53. The maximum absolute atomic E-state index is 12.7. The number of amides is 1. The summed E-state index contributed by atoms with van der Waals surface area (Å²) in [5, 5.41) is 12.7. The third-order valence-electron chi connectivity index (χ3n) is 5.59. The van der Waals surface area contributed by atoms with E-state index in [-0.39, 0.29) is 12.0 Å². The highest BCUT2D eigenvalue weighted by molar-refractivity contribution is 5.65. The van der Waals surface area contributed by atoms with Gasteiger partial charge in [0.15, 0.2) is 0 Å². The number of rotatable bonds is 3. The summed E-state index contributed by atoms with van der Waals surface area (Å²) in [5.74, 6) is 1.05. The van der Waals surface area contributed by atoms with Gasteiger partial charge in [0.25, 0.3) is 0 Å². The summed E-state index contributed by atoms with van der Waals surface area (Å²) in [6, 6.07) is 10.3. The summed E-state index contributed by atoms with van der Waals surface area (Å²) < 4.78 is 43.9. The van der Waals surface area contributed by atoms with Crippen LogP contribution < -0.4 is 10.1 Å². The maximum atomic E-state index is 12.7. The van der Waals surface area contributed by atoms with Crippen LogP contribution in [0.25, 0.3) is 0 Å². The minimum absolute atomic E-state index is 0.0271. The first-order valence-corrected chi connectivity index (χ1v) is 9.50. The van der Waals surface area contributed by atoms with Gasteiger partial charge in [-0.25, -0.2) is 4.79 Å². The molecule has 29 heavy (non-hydrogen) atoms. The molecule has 8 heteroatoms. The molecule has 0 bridgehead atoms. The number of carboxylic acid groups (broad SMARTS) is 1. The molecular weight excluding hydrogens is 385 g/mol. The summed E-state index contributed by atoms with van der Waals surface area (Å²) in [7, 11) is 0. The number of nitrogens with one attached hydrogen (secondary N) is 1. The van der Waals surface area contributed by atoms with Crippen LogP contribution in [0.3, 0.4) is 0 Å². The van der Waals surface area contributed by atoms with Gasteiger partial charge in [0, 0.05) is 19.1 Å². The Kier molecular flexibility index (Phi) is 5.12. The van der Waals surface area contributed by atoms with E-state index in [1.807, 2.05) is 18.2 Å². The first-order chi connectivity index (χ1) is 13.8. The van der Waals surface area contributed by atoms with E-state index >= 15 is 0 Å². The van der Waals surface area contributed by atoms with Crippen LogP contribution in [0.2, 0.25) is 0 Å². The third kappa shape index (κ3) is 4.17. The minimum atomic E-state index is -4.38. The number of hydrogen-bond acceptors (Lipinski definition) is 3. The van der Waals surface area contributed by atoms with Gasteiger partial charge >= 0.3 is 12.3 Å². The van der Waals surface area contributed by atoms with Crippen molar-refractivity contribution in [3.8, 4) is 11.5 Å². The molecule has 0 radical (unpaired) electrons. The molecule has 2 aromatic rings. The average Bonchev–Trinajstić information content (AvgIpc) is 3.17. The third-order valence-corrected chi connectivity index (χ3v) is 5.59. The van der Waals surface area contributed by atoms with Crippen LogP contribution in [0.5, 0.6) is 11.5 Å². The fourth-order valence-electron chi connectivity index (χ4n) is 4.13. The number of halogens is 3. The highest BCUT2D eigenvalue weighted by Crippen LogP contribution is 2.37. The molecule has 4 rings (SSSR count). The number of nitrogens with zero attached hydrogens (tertiary/aromatic N) is 1. The zero-order valence-corrected chi connectivity index (χ0v) is 15.6. The highest BCUT2D eigenvalue weighted by atomic mass is 19.4. The molecule has 0 aromatic heterocycles. The lowest BCUT2D eigenvalue weighted by Gasteiger charge is -2.31. The van der Waals surface area contributed by atoms with Gasteiger partial charge in [0.2, 0.25) is 0 Å². The van der Waals surface area contributed by atoms with Crippen molar-refractivity contribution in [1.82, 2.24) is 10.2 Å². The van der Waals surface area contributed by atoms with E-state index < -0.39 is 17.8 Å². The molecule has 1 saturated heterocycles. The lowest BCUT2D eigenvalue weighted by Crippen LogP contribution is -2.36. The average molecular weight is 406 g/mol. The van der Waals surface area contributed by atoms with E-state index in [1.165, 1.54) is 22.6 Å². The van der Waals surface area contributed by atoms with E-state index in [1.54, 1.807) is 0 Å². The van der Waals surface area contributed by atoms with Crippen molar-refractivity contribution in [2.24, 2.45) is 5.92 Å². The van der Waals surface area contributed by atoms with Crippen LogP contribution in [0.4, 0.5) is 18.0 Å². The smallest absolute Gasteiger partial charge is 0.416 e.